The van der Waals surface area contributed by atoms with Crippen molar-refractivity contribution in [1.29, 1.82) is 0 Å². The summed E-state index contributed by atoms with van der Waals surface area (Å²) < 4.78 is 2.36. The first-order valence-electron chi connectivity index (χ1n) is 10.8. The number of fused-ring (bicyclic) bond motifs is 1. The predicted octanol–water partition coefficient (Wildman–Crippen LogP) is 4.09. The van der Waals surface area contributed by atoms with Crippen LogP contribution in [-0.4, -0.2) is 10.4 Å². The number of allylic oxidation sites excluding steroid dienone is 2. The van der Waals surface area contributed by atoms with Crippen molar-refractivity contribution in [3.63, 3.8) is 0 Å². The number of rotatable bonds is 3. The summed E-state index contributed by atoms with van der Waals surface area (Å²) in [5, 5.41) is 0. The van der Waals surface area contributed by atoms with Crippen LogP contribution in [0.5, 0.6) is 0 Å². The maximum absolute atomic E-state index is 13.5. The Labute approximate surface area is 184 Å². The Balaban J connectivity index is 1.69. The van der Waals surface area contributed by atoms with Gasteiger partial charge in [-0.15, -0.1) is 0 Å². The molecule has 1 atom stereocenters. The molecule has 0 saturated carbocycles. The van der Waals surface area contributed by atoms with Gasteiger partial charge in [0.1, 0.15) is 0 Å². The zero-order valence-electron chi connectivity index (χ0n) is 17.7. The number of aromatic nitrogens is 1. The normalized spacial score (nSPS) is 18.7. The fourth-order valence-electron chi connectivity index (χ4n) is 4.39. The van der Waals surface area contributed by atoms with E-state index in [-0.39, 0.29) is 11.3 Å². The van der Waals surface area contributed by atoms with Gasteiger partial charge < -0.3 is 0 Å². The monoisotopic (exact) mass is 428 g/mol. The van der Waals surface area contributed by atoms with E-state index >= 15 is 0 Å². The molecule has 0 N–H and O–H groups in total. The van der Waals surface area contributed by atoms with Gasteiger partial charge in [0, 0.05) is 12.0 Å². The lowest BCUT2D eigenvalue weighted by molar-refractivity contribution is -0.116. The summed E-state index contributed by atoms with van der Waals surface area (Å²) in [4.78, 5) is 31.8. The number of Topliss-reactive ketones (excluding diaryl/α,β-unsaturated/α-hetero) is 1. The average Bonchev–Trinajstić information content (AvgIpc) is 3.08. The summed E-state index contributed by atoms with van der Waals surface area (Å²) in [6, 6.07) is 17.8. The number of hydrogen-bond acceptors (Lipinski definition) is 4. The van der Waals surface area contributed by atoms with Crippen molar-refractivity contribution in [2.45, 2.75) is 45.1 Å². The lowest BCUT2D eigenvalue weighted by atomic mass is 9.86. The first kappa shape index (κ1) is 19.9. The number of thiazole rings is 1. The molecule has 1 aliphatic carbocycles. The highest BCUT2D eigenvalue weighted by Crippen LogP contribution is 2.35. The molecule has 5 heteroatoms. The van der Waals surface area contributed by atoms with E-state index in [9.17, 15) is 9.59 Å². The van der Waals surface area contributed by atoms with Gasteiger partial charge in [0.05, 0.1) is 16.3 Å². The van der Waals surface area contributed by atoms with E-state index in [0.717, 1.165) is 29.7 Å². The van der Waals surface area contributed by atoms with E-state index < -0.39 is 6.04 Å². The number of ketones is 1. The maximum atomic E-state index is 13.5. The van der Waals surface area contributed by atoms with Crippen molar-refractivity contribution in [2.75, 3.05) is 0 Å². The number of hydrogen-bond donors (Lipinski definition) is 0. The van der Waals surface area contributed by atoms with Crippen LogP contribution in [0.2, 0.25) is 0 Å². The fourth-order valence-corrected chi connectivity index (χ4v) is 5.41. The lowest BCUT2D eigenvalue weighted by Gasteiger charge is -2.28. The van der Waals surface area contributed by atoms with E-state index in [4.69, 9.17) is 4.99 Å². The van der Waals surface area contributed by atoms with Crippen LogP contribution in [0.4, 0.5) is 0 Å². The van der Waals surface area contributed by atoms with Gasteiger partial charge in [-0.25, -0.2) is 4.99 Å². The highest BCUT2D eigenvalue weighted by atomic mass is 32.1. The summed E-state index contributed by atoms with van der Waals surface area (Å²) in [7, 11) is 0. The number of nitrogens with zero attached hydrogens (tertiary/aromatic N) is 2. The fraction of sp³-hybridized carbons (Fsp3) is 0.269. The summed E-state index contributed by atoms with van der Waals surface area (Å²) in [6.07, 6.45) is 4.06. The van der Waals surface area contributed by atoms with Crippen LogP contribution < -0.4 is 14.9 Å². The van der Waals surface area contributed by atoms with Crippen molar-refractivity contribution < 1.29 is 4.79 Å². The van der Waals surface area contributed by atoms with Gasteiger partial charge >= 0.3 is 0 Å². The average molecular weight is 429 g/mol. The van der Waals surface area contributed by atoms with E-state index in [1.807, 2.05) is 36.4 Å². The van der Waals surface area contributed by atoms with Crippen molar-refractivity contribution in [3.05, 3.63) is 102 Å². The molecule has 0 amide bonds. The van der Waals surface area contributed by atoms with Gasteiger partial charge in [0.25, 0.3) is 5.56 Å². The molecule has 2 aromatic carbocycles. The van der Waals surface area contributed by atoms with Crippen LogP contribution in [0.3, 0.4) is 0 Å². The second-order valence-corrected chi connectivity index (χ2v) is 9.46. The number of carbonyl (C=O) groups is 1. The van der Waals surface area contributed by atoms with Gasteiger partial charge in [-0.2, -0.15) is 0 Å². The molecule has 1 unspecified atom stereocenters. The highest BCUT2D eigenvalue weighted by molar-refractivity contribution is 7.07. The third-order valence-corrected chi connectivity index (χ3v) is 7.03. The third-order valence-electron chi connectivity index (χ3n) is 6.04. The molecule has 5 rings (SSSR count). The minimum Gasteiger partial charge on any atom is -0.294 e. The number of carbonyl (C=O) groups excluding carboxylic acids is 1. The number of benzene rings is 2. The zero-order chi connectivity index (χ0) is 21.5. The summed E-state index contributed by atoms with van der Waals surface area (Å²) >= 11 is 1.41. The maximum Gasteiger partial charge on any atom is 0.271 e. The molecule has 3 aromatic rings. The van der Waals surface area contributed by atoms with Crippen molar-refractivity contribution in [1.82, 2.24) is 4.57 Å². The third kappa shape index (κ3) is 3.53. The smallest absolute Gasteiger partial charge is 0.271 e. The van der Waals surface area contributed by atoms with Gasteiger partial charge in [0.15, 0.2) is 10.6 Å². The summed E-state index contributed by atoms with van der Waals surface area (Å²) in [5.74, 6) is 0.575. The zero-order valence-corrected chi connectivity index (χ0v) is 18.5. The van der Waals surface area contributed by atoms with Crippen LogP contribution in [0.15, 0.2) is 75.7 Å². The Bertz CT molecular complexity index is 1360. The molecule has 4 nitrogen and oxygen atoms in total. The lowest BCUT2D eigenvalue weighted by Crippen LogP contribution is -2.40. The molecule has 156 valence electrons. The molecular weight excluding hydrogens is 404 g/mol. The van der Waals surface area contributed by atoms with E-state index in [2.05, 4.69) is 38.1 Å². The van der Waals surface area contributed by atoms with Crippen LogP contribution in [0.25, 0.3) is 6.08 Å². The van der Waals surface area contributed by atoms with E-state index in [1.165, 1.54) is 16.9 Å². The predicted molar refractivity (Wildman–Crippen MR) is 124 cm³/mol. The molecule has 0 fully saturated rings. The minimum atomic E-state index is -0.397. The van der Waals surface area contributed by atoms with Crippen LogP contribution in [-0.2, 0) is 4.79 Å². The Hall–Kier alpha value is -3.05. The van der Waals surface area contributed by atoms with Gasteiger partial charge in [0.2, 0.25) is 0 Å². The first-order chi connectivity index (χ1) is 15.0. The molecule has 31 heavy (non-hydrogen) atoms. The first-order valence-corrected chi connectivity index (χ1v) is 11.6. The summed E-state index contributed by atoms with van der Waals surface area (Å²) in [6.45, 7) is 4.33. The van der Waals surface area contributed by atoms with Crippen molar-refractivity contribution in [2.24, 2.45) is 4.99 Å². The Morgan fingerprint density at radius 2 is 1.77 bits per heavy atom. The molecule has 0 radical (unpaired) electrons. The molecule has 0 saturated heterocycles. The Morgan fingerprint density at radius 1 is 1.03 bits per heavy atom. The van der Waals surface area contributed by atoms with Crippen molar-refractivity contribution in [3.8, 4) is 0 Å². The van der Waals surface area contributed by atoms with Crippen molar-refractivity contribution >= 4 is 23.2 Å². The standard InChI is InChI=1S/C26H24N2O2S/c1-16(2)18-13-11-17(12-14-18)15-22-25(30)28-24(19-7-4-3-5-8-19)23-20(27-26(28)31-22)9-6-10-21(23)29/h3-5,7-8,11-16,24H,6,9-10H2,1-2H3. The van der Waals surface area contributed by atoms with Crippen LogP contribution >= 0.6 is 11.3 Å². The Morgan fingerprint density at radius 3 is 2.48 bits per heavy atom. The van der Waals surface area contributed by atoms with Gasteiger partial charge in [-0.3, -0.25) is 14.2 Å². The van der Waals surface area contributed by atoms with Crippen LogP contribution in [0, 0.1) is 0 Å². The molecule has 2 heterocycles. The summed E-state index contributed by atoms with van der Waals surface area (Å²) in [5.41, 5.74) is 4.67. The SMILES string of the molecule is CC(C)c1ccc(C=c2sc3n(c2=O)C(c2ccccc2)C2=C(CCCC2=O)N=3)cc1. The van der Waals surface area contributed by atoms with Gasteiger partial charge in [-0.1, -0.05) is 79.8 Å². The second kappa shape index (κ2) is 7.89. The largest absolute Gasteiger partial charge is 0.294 e. The Kier molecular flexibility index (Phi) is 5.06. The van der Waals surface area contributed by atoms with E-state index in [0.29, 0.717) is 27.2 Å². The molecule has 1 aliphatic heterocycles. The molecule has 2 aliphatic rings. The van der Waals surface area contributed by atoms with E-state index in [1.54, 1.807) is 4.57 Å². The second-order valence-electron chi connectivity index (χ2n) is 8.45. The molecule has 1 aromatic heterocycles. The minimum absolute atomic E-state index is 0.0875. The molecular formula is C26H24N2O2S. The molecule has 0 spiro atoms. The van der Waals surface area contributed by atoms with Crippen LogP contribution in [0.1, 0.15) is 61.8 Å². The quantitative estimate of drug-likeness (QED) is 0.631. The van der Waals surface area contributed by atoms with Gasteiger partial charge in [-0.05, 0) is 41.5 Å². The molecule has 0 bridgehead atoms. The topological polar surface area (TPSA) is 51.4 Å². The highest BCUT2D eigenvalue weighted by Gasteiger charge is 2.34.